The minimum atomic E-state index is -1.16. The second kappa shape index (κ2) is 6.50. The van der Waals surface area contributed by atoms with Gasteiger partial charge in [-0.2, -0.15) is 11.8 Å². The van der Waals surface area contributed by atoms with Gasteiger partial charge in [0, 0.05) is 5.75 Å². The third kappa shape index (κ3) is 3.42. The van der Waals surface area contributed by atoms with Gasteiger partial charge >= 0.3 is 5.97 Å². The van der Waals surface area contributed by atoms with Crippen LogP contribution in [0.25, 0.3) is 10.8 Å². The predicted molar refractivity (Wildman–Crippen MR) is 89.9 cm³/mol. The molecule has 1 heterocycles. The van der Waals surface area contributed by atoms with Crippen LogP contribution in [-0.4, -0.2) is 40.6 Å². The summed E-state index contributed by atoms with van der Waals surface area (Å²) in [6.07, 6.45) is 0.439. The van der Waals surface area contributed by atoms with Gasteiger partial charge in [0.2, 0.25) is 0 Å². The molecule has 0 spiro atoms. The highest BCUT2D eigenvalue weighted by atomic mass is 32.2. The Morgan fingerprint density at radius 1 is 1.22 bits per heavy atom. The maximum absolute atomic E-state index is 12.0. The standard InChI is InChI=1S/C17H17NO4S/c19-15(18-17(16(20)21)7-8-23-11-17)10-22-14-6-5-12-3-1-2-4-13(12)9-14/h1-6,9H,7-8,10-11H2,(H,18,19)(H,20,21). The smallest absolute Gasteiger partial charge is 0.330 e. The first-order valence-electron chi connectivity index (χ1n) is 7.33. The molecule has 0 aromatic heterocycles. The number of rotatable bonds is 5. The van der Waals surface area contributed by atoms with Crippen molar-refractivity contribution in [2.75, 3.05) is 18.1 Å². The van der Waals surface area contributed by atoms with Crippen LogP contribution >= 0.6 is 11.8 Å². The molecule has 0 radical (unpaired) electrons. The first kappa shape index (κ1) is 15.7. The second-order valence-electron chi connectivity index (χ2n) is 5.54. The second-order valence-corrected chi connectivity index (χ2v) is 6.64. The summed E-state index contributed by atoms with van der Waals surface area (Å²) in [5.74, 6) is 0.316. The molecule has 2 aromatic carbocycles. The molecule has 1 amide bonds. The number of aliphatic carboxylic acids is 1. The number of nitrogens with one attached hydrogen (secondary N) is 1. The fourth-order valence-corrected chi connectivity index (χ4v) is 3.92. The molecule has 6 heteroatoms. The van der Waals surface area contributed by atoms with Gasteiger partial charge in [-0.05, 0) is 35.1 Å². The minimum absolute atomic E-state index is 0.196. The Kier molecular flexibility index (Phi) is 4.43. The van der Waals surface area contributed by atoms with E-state index >= 15 is 0 Å². The topological polar surface area (TPSA) is 75.6 Å². The summed E-state index contributed by atoms with van der Waals surface area (Å²) < 4.78 is 5.50. The number of carbonyl (C=O) groups is 2. The SMILES string of the molecule is O=C(COc1ccc2ccccc2c1)NC1(C(=O)O)CCSC1. The fraction of sp³-hybridized carbons (Fsp3) is 0.294. The van der Waals surface area contributed by atoms with Crippen LogP contribution < -0.4 is 10.1 Å². The molecule has 5 nitrogen and oxygen atoms in total. The van der Waals surface area contributed by atoms with Gasteiger partial charge in [0.1, 0.15) is 11.3 Å². The van der Waals surface area contributed by atoms with Gasteiger partial charge < -0.3 is 15.2 Å². The van der Waals surface area contributed by atoms with Gasteiger partial charge in [0.15, 0.2) is 6.61 Å². The quantitative estimate of drug-likeness (QED) is 0.879. The highest BCUT2D eigenvalue weighted by Gasteiger charge is 2.43. The number of fused-ring (bicyclic) bond motifs is 1. The van der Waals surface area contributed by atoms with Gasteiger partial charge in [0.05, 0.1) is 0 Å². The Hall–Kier alpha value is -2.21. The van der Waals surface area contributed by atoms with Crippen molar-refractivity contribution in [1.82, 2.24) is 5.32 Å². The molecule has 1 unspecified atom stereocenters. The molecule has 0 bridgehead atoms. The van der Waals surface area contributed by atoms with Crippen molar-refractivity contribution in [1.29, 1.82) is 0 Å². The Morgan fingerprint density at radius 2 is 2.00 bits per heavy atom. The average Bonchev–Trinajstić information content (AvgIpc) is 3.02. The molecule has 1 atom stereocenters. The van der Waals surface area contributed by atoms with Crippen molar-refractivity contribution in [2.24, 2.45) is 0 Å². The number of hydrogen-bond acceptors (Lipinski definition) is 4. The first-order valence-corrected chi connectivity index (χ1v) is 8.48. The summed E-state index contributed by atoms with van der Waals surface area (Å²) >= 11 is 1.53. The summed E-state index contributed by atoms with van der Waals surface area (Å²) in [4.78, 5) is 23.4. The molecular weight excluding hydrogens is 314 g/mol. The van der Waals surface area contributed by atoms with Crippen molar-refractivity contribution in [3.8, 4) is 5.75 Å². The Bertz CT molecular complexity index is 740. The minimum Gasteiger partial charge on any atom is -0.484 e. The molecule has 1 aliphatic heterocycles. The van der Waals surface area contributed by atoms with Crippen LogP contribution in [0.5, 0.6) is 5.75 Å². The maximum Gasteiger partial charge on any atom is 0.330 e. The van der Waals surface area contributed by atoms with E-state index in [9.17, 15) is 14.7 Å². The molecule has 3 rings (SSSR count). The zero-order chi connectivity index (χ0) is 16.3. The number of amides is 1. The van der Waals surface area contributed by atoms with Gasteiger partial charge in [0.25, 0.3) is 5.91 Å². The van der Waals surface area contributed by atoms with E-state index in [1.165, 1.54) is 11.8 Å². The van der Waals surface area contributed by atoms with Crippen LogP contribution in [0.4, 0.5) is 0 Å². The van der Waals surface area contributed by atoms with Crippen LogP contribution in [0.2, 0.25) is 0 Å². The zero-order valence-corrected chi connectivity index (χ0v) is 13.3. The summed E-state index contributed by atoms with van der Waals surface area (Å²) in [6.45, 7) is -0.196. The normalized spacial score (nSPS) is 20.3. The molecule has 0 aliphatic carbocycles. The van der Waals surface area contributed by atoms with Gasteiger partial charge in [-0.1, -0.05) is 30.3 Å². The summed E-state index contributed by atoms with van der Waals surface area (Å²) in [7, 11) is 0. The molecule has 2 aromatic rings. The average molecular weight is 331 g/mol. The van der Waals surface area contributed by atoms with Crippen molar-refractivity contribution < 1.29 is 19.4 Å². The molecule has 2 N–H and O–H groups in total. The monoisotopic (exact) mass is 331 g/mol. The largest absolute Gasteiger partial charge is 0.484 e. The Balaban J connectivity index is 1.62. The van der Waals surface area contributed by atoms with E-state index in [-0.39, 0.29) is 6.61 Å². The molecule has 120 valence electrons. The number of carboxylic acid groups (broad SMARTS) is 1. The van der Waals surface area contributed by atoms with Crippen molar-refractivity contribution in [3.63, 3.8) is 0 Å². The highest BCUT2D eigenvalue weighted by molar-refractivity contribution is 7.99. The molecule has 1 aliphatic rings. The lowest BCUT2D eigenvalue weighted by Gasteiger charge is -2.24. The van der Waals surface area contributed by atoms with E-state index < -0.39 is 17.4 Å². The molecule has 0 saturated carbocycles. The molecule has 1 saturated heterocycles. The van der Waals surface area contributed by atoms with Gasteiger partial charge in [-0.25, -0.2) is 4.79 Å². The summed E-state index contributed by atoms with van der Waals surface area (Å²) in [6, 6.07) is 13.5. The third-order valence-electron chi connectivity index (χ3n) is 3.90. The van der Waals surface area contributed by atoms with Crippen LogP contribution in [-0.2, 0) is 9.59 Å². The number of hydrogen-bond donors (Lipinski definition) is 2. The summed E-state index contributed by atoms with van der Waals surface area (Å²) in [5.41, 5.74) is -1.16. The lowest BCUT2D eigenvalue weighted by molar-refractivity contribution is -0.146. The van der Waals surface area contributed by atoms with Gasteiger partial charge in [-0.3, -0.25) is 4.79 Å². The number of benzene rings is 2. The van der Waals surface area contributed by atoms with Crippen LogP contribution in [0.3, 0.4) is 0 Å². The fourth-order valence-electron chi connectivity index (χ4n) is 2.59. The van der Waals surface area contributed by atoms with E-state index in [2.05, 4.69) is 5.32 Å². The van der Waals surface area contributed by atoms with E-state index in [1.54, 1.807) is 6.07 Å². The molecule has 1 fully saturated rings. The predicted octanol–water partition coefficient (Wildman–Crippen LogP) is 2.30. The number of carboxylic acids is 1. The van der Waals surface area contributed by atoms with Gasteiger partial charge in [-0.15, -0.1) is 0 Å². The van der Waals surface area contributed by atoms with Crippen molar-refractivity contribution >= 4 is 34.4 Å². The number of thioether (sulfide) groups is 1. The van der Waals surface area contributed by atoms with E-state index in [4.69, 9.17) is 4.74 Å². The van der Waals surface area contributed by atoms with Crippen molar-refractivity contribution in [3.05, 3.63) is 42.5 Å². The Labute approximate surface area is 138 Å². The van der Waals surface area contributed by atoms with E-state index in [0.717, 1.165) is 16.5 Å². The lowest BCUT2D eigenvalue weighted by atomic mass is 9.99. The third-order valence-corrected chi connectivity index (χ3v) is 5.09. The number of carbonyl (C=O) groups excluding carboxylic acids is 1. The lowest BCUT2D eigenvalue weighted by Crippen LogP contribution is -2.55. The Morgan fingerprint density at radius 3 is 2.70 bits per heavy atom. The summed E-state index contributed by atoms with van der Waals surface area (Å²) in [5, 5.41) is 14.1. The number of ether oxygens (including phenoxy) is 1. The maximum atomic E-state index is 12.0. The van der Waals surface area contributed by atoms with Crippen LogP contribution in [0.1, 0.15) is 6.42 Å². The highest BCUT2D eigenvalue weighted by Crippen LogP contribution is 2.28. The first-order chi connectivity index (χ1) is 11.1. The van der Waals surface area contributed by atoms with Crippen LogP contribution in [0, 0.1) is 0 Å². The van der Waals surface area contributed by atoms with Crippen molar-refractivity contribution in [2.45, 2.75) is 12.0 Å². The molecular formula is C17H17NO4S. The molecule has 23 heavy (non-hydrogen) atoms. The van der Waals surface area contributed by atoms with E-state index in [1.807, 2.05) is 36.4 Å². The zero-order valence-electron chi connectivity index (χ0n) is 12.5. The van der Waals surface area contributed by atoms with E-state index in [0.29, 0.717) is 17.9 Å². The van der Waals surface area contributed by atoms with Crippen LogP contribution in [0.15, 0.2) is 42.5 Å².